The number of furan rings is 1. The normalized spacial score (nSPS) is 14.4. The molecule has 3 aromatic rings. The molecule has 2 aromatic carbocycles. The summed E-state index contributed by atoms with van der Waals surface area (Å²) in [7, 11) is -3.65. The third-order valence-corrected chi connectivity index (χ3v) is 8.10. The summed E-state index contributed by atoms with van der Waals surface area (Å²) in [5.74, 6) is -0.160. The summed E-state index contributed by atoms with van der Waals surface area (Å²) in [6, 6.07) is 12.5. The second-order valence-electron chi connectivity index (χ2n) is 7.97. The van der Waals surface area contributed by atoms with Crippen LogP contribution < -0.4 is 10.2 Å². The number of carbonyl (C=O) groups is 1. The van der Waals surface area contributed by atoms with Gasteiger partial charge in [-0.1, -0.05) is 32.0 Å². The van der Waals surface area contributed by atoms with Crippen LogP contribution in [0.4, 0.5) is 11.4 Å². The van der Waals surface area contributed by atoms with Gasteiger partial charge in [0.25, 0.3) is 5.91 Å². The van der Waals surface area contributed by atoms with E-state index >= 15 is 0 Å². The first-order chi connectivity index (χ1) is 15.4. The van der Waals surface area contributed by atoms with Crippen LogP contribution in [0.1, 0.15) is 42.8 Å². The molecule has 1 aliphatic heterocycles. The van der Waals surface area contributed by atoms with E-state index in [2.05, 4.69) is 10.2 Å². The van der Waals surface area contributed by atoms with Crippen molar-refractivity contribution >= 4 is 38.3 Å². The first-order valence-electron chi connectivity index (χ1n) is 11.1. The van der Waals surface area contributed by atoms with E-state index in [1.807, 2.05) is 45.0 Å². The van der Waals surface area contributed by atoms with Gasteiger partial charge in [-0.25, -0.2) is 8.42 Å². The van der Waals surface area contributed by atoms with Crippen LogP contribution in [0.2, 0.25) is 0 Å². The Morgan fingerprint density at radius 1 is 1.09 bits per heavy atom. The first kappa shape index (κ1) is 22.4. The van der Waals surface area contributed by atoms with Gasteiger partial charge in [-0.05, 0) is 44.0 Å². The molecule has 1 aromatic heterocycles. The Balaban J connectivity index is 1.74. The Labute approximate surface area is 189 Å². The topological polar surface area (TPSA) is 82.9 Å². The number of para-hydroxylation sites is 1. The number of carbonyl (C=O) groups excluding carboxylic acids is 1. The summed E-state index contributed by atoms with van der Waals surface area (Å²) in [5, 5.41) is 3.82. The molecular formula is C24H29N3O4S. The molecule has 1 amide bonds. The maximum Gasteiger partial charge on any atom is 0.291 e. The van der Waals surface area contributed by atoms with E-state index in [1.54, 1.807) is 18.2 Å². The summed E-state index contributed by atoms with van der Waals surface area (Å²) in [5.41, 5.74) is 2.70. The van der Waals surface area contributed by atoms with Crippen LogP contribution in [0.5, 0.6) is 0 Å². The summed E-state index contributed by atoms with van der Waals surface area (Å²) in [4.78, 5) is 15.5. The van der Waals surface area contributed by atoms with E-state index in [9.17, 15) is 13.2 Å². The molecule has 0 saturated carbocycles. The van der Waals surface area contributed by atoms with Gasteiger partial charge in [0.1, 0.15) is 5.58 Å². The number of anilines is 2. The number of sulfonamides is 1. The van der Waals surface area contributed by atoms with Crippen LogP contribution in [-0.2, 0) is 10.0 Å². The Bertz CT molecular complexity index is 1240. The molecule has 0 bridgehead atoms. The van der Waals surface area contributed by atoms with Gasteiger partial charge in [-0.2, -0.15) is 4.31 Å². The fourth-order valence-electron chi connectivity index (χ4n) is 4.29. The lowest BCUT2D eigenvalue weighted by atomic mass is 10.1. The van der Waals surface area contributed by atoms with Gasteiger partial charge in [-0.3, -0.25) is 4.79 Å². The van der Waals surface area contributed by atoms with Gasteiger partial charge in [0, 0.05) is 37.1 Å². The van der Waals surface area contributed by atoms with Crippen LogP contribution in [0.15, 0.2) is 51.8 Å². The van der Waals surface area contributed by atoms with Crippen molar-refractivity contribution in [1.82, 2.24) is 4.31 Å². The molecule has 0 atom stereocenters. The molecule has 1 saturated heterocycles. The van der Waals surface area contributed by atoms with Gasteiger partial charge < -0.3 is 14.6 Å². The number of amides is 1. The third kappa shape index (κ3) is 4.00. The minimum atomic E-state index is -3.65. The van der Waals surface area contributed by atoms with Crippen molar-refractivity contribution in [2.45, 2.75) is 38.5 Å². The van der Waals surface area contributed by atoms with Crippen LogP contribution in [-0.4, -0.2) is 44.8 Å². The molecule has 170 valence electrons. The highest BCUT2D eigenvalue weighted by Gasteiger charge is 2.26. The van der Waals surface area contributed by atoms with E-state index in [-0.39, 0.29) is 10.7 Å². The number of aryl methyl sites for hydroxylation is 1. The number of hydrogen-bond donors (Lipinski definition) is 1. The fourth-order valence-corrected chi connectivity index (χ4v) is 5.78. The maximum absolute atomic E-state index is 13.2. The van der Waals surface area contributed by atoms with E-state index in [4.69, 9.17) is 4.42 Å². The molecule has 1 fully saturated rings. The Hall–Kier alpha value is -2.84. The monoisotopic (exact) mass is 455 g/mol. The quantitative estimate of drug-likeness (QED) is 0.562. The van der Waals surface area contributed by atoms with Crippen molar-refractivity contribution in [2.24, 2.45) is 0 Å². The molecule has 0 radical (unpaired) electrons. The smallest absolute Gasteiger partial charge is 0.291 e. The summed E-state index contributed by atoms with van der Waals surface area (Å²) >= 11 is 0. The zero-order chi connectivity index (χ0) is 22.9. The minimum Gasteiger partial charge on any atom is -0.451 e. The first-order valence-corrected chi connectivity index (χ1v) is 12.5. The molecule has 0 aliphatic carbocycles. The summed E-state index contributed by atoms with van der Waals surface area (Å²) in [6.45, 7) is 7.98. The van der Waals surface area contributed by atoms with Crippen molar-refractivity contribution in [3.8, 4) is 0 Å². The number of benzene rings is 2. The second kappa shape index (κ2) is 8.96. The molecule has 0 spiro atoms. The van der Waals surface area contributed by atoms with E-state index in [0.717, 1.165) is 42.6 Å². The Morgan fingerprint density at radius 2 is 1.78 bits per heavy atom. The van der Waals surface area contributed by atoms with Crippen LogP contribution in [0, 0.1) is 6.92 Å². The van der Waals surface area contributed by atoms with Gasteiger partial charge in [0.15, 0.2) is 5.76 Å². The predicted molar refractivity (Wildman–Crippen MR) is 127 cm³/mol. The van der Waals surface area contributed by atoms with Crippen LogP contribution in [0.3, 0.4) is 0 Å². The highest BCUT2D eigenvalue weighted by atomic mass is 32.2. The van der Waals surface area contributed by atoms with E-state index < -0.39 is 15.9 Å². The van der Waals surface area contributed by atoms with Gasteiger partial charge >= 0.3 is 0 Å². The molecule has 8 heteroatoms. The molecule has 2 heterocycles. The highest BCUT2D eigenvalue weighted by molar-refractivity contribution is 7.89. The Kier molecular flexibility index (Phi) is 6.26. The van der Waals surface area contributed by atoms with Gasteiger partial charge in [0.2, 0.25) is 10.0 Å². The number of nitrogens with zero attached hydrogens (tertiary/aromatic N) is 2. The number of nitrogens with one attached hydrogen (secondary N) is 1. The lowest BCUT2D eigenvalue weighted by molar-refractivity contribution is 0.0998. The average Bonchev–Trinajstić information content (AvgIpc) is 3.43. The average molecular weight is 456 g/mol. The fraction of sp³-hybridized carbons (Fsp3) is 0.375. The number of hydrogen-bond acceptors (Lipinski definition) is 5. The van der Waals surface area contributed by atoms with E-state index in [1.165, 1.54) is 4.31 Å². The maximum atomic E-state index is 13.2. The van der Waals surface area contributed by atoms with Crippen molar-refractivity contribution < 1.29 is 17.6 Å². The minimum absolute atomic E-state index is 0.167. The molecule has 0 unspecified atom stereocenters. The summed E-state index contributed by atoms with van der Waals surface area (Å²) in [6.07, 6.45) is 2.13. The lowest BCUT2D eigenvalue weighted by Crippen LogP contribution is -2.31. The van der Waals surface area contributed by atoms with Gasteiger partial charge in [-0.15, -0.1) is 0 Å². The zero-order valence-electron chi connectivity index (χ0n) is 18.7. The summed E-state index contributed by atoms with van der Waals surface area (Å²) < 4.78 is 33.4. The molecular weight excluding hydrogens is 426 g/mol. The Morgan fingerprint density at radius 3 is 2.44 bits per heavy atom. The molecule has 7 nitrogen and oxygen atoms in total. The second-order valence-corrected chi connectivity index (χ2v) is 9.91. The predicted octanol–water partition coefficient (Wildman–Crippen LogP) is 4.62. The molecule has 4 rings (SSSR count). The largest absolute Gasteiger partial charge is 0.451 e. The number of fused-ring (bicyclic) bond motifs is 1. The molecule has 1 N–H and O–H groups in total. The van der Waals surface area contributed by atoms with Crippen molar-refractivity contribution in [3.05, 3.63) is 53.8 Å². The molecule has 32 heavy (non-hydrogen) atoms. The number of rotatable bonds is 7. The highest BCUT2D eigenvalue weighted by Crippen LogP contribution is 2.33. The van der Waals surface area contributed by atoms with Crippen molar-refractivity contribution in [3.63, 3.8) is 0 Å². The van der Waals surface area contributed by atoms with Crippen molar-refractivity contribution in [1.29, 1.82) is 0 Å². The molecule has 1 aliphatic rings. The van der Waals surface area contributed by atoms with Crippen molar-refractivity contribution in [2.75, 3.05) is 36.4 Å². The van der Waals surface area contributed by atoms with E-state index in [0.29, 0.717) is 24.4 Å². The van der Waals surface area contributed by atoms with Gasteiger partial charge in [0.05, 0.1) is 16.3 Å². The standard InChI is InChI=1S/C24H29N3O4S/c1-4-27(5-2)32(29,30)18-12-13-21(26-14-8-9-15-26)20(16-18)25-24(28)23-17(3)19-10-6-7-11-22(19)31-23/h6-7,10-13,16H,4-5,8-9,14-15H2,1-3H3,(H,25,28). The lowest BCUT2D eigenvalue weighted by Gasteiger charge is -2.24. The zero-order valence-corrected chi connectivity index (χ0v) is 19.5. The van der Waals surface area contributed by atoms with Crippen LogP contribution >= 0.6 is 0 Å². The SMILES string of the molecule is CCN(CC)S(=O)(=O)c1ccc(N2CCCC2)c(NC(=O)c2oc3ccccc3c2C)c1. The third-order valence-electron chi connectivity index (χ3n) is 6.06. The van der Waals surface area contributed by atoms with Crippen LogP contribution in [0.25, 0.3) is 11.0 Å².